The van der Waals surface area contributed by atoms with Gasteiger partial charge < -0.3 is 11.1 Å². The molecule has 6 nitrogen and oxygen atoms in total. The summed E-state index contributed by atoms with van der Waals surface area (Å²) in [5.41, 5.74) is 7.88. The third-order valence-electron chi connectivity index (χ3n) is 3.05. The summed E-state index contributed by atoms with van der Waals surface area (Å²) in [5, 5.41) is 10.1. The van der Waals surface area contributed by atoms with Crippen molar-refractivity contribution in [2.24, 2.45) is 10.7 Å². The Hall–Kier alpha value is -1.64. The van der Waals surface area contributed by atoms with Gasteiger partial charge in [0, 0.05) is 12.1 Å². The van der Waals surface area contributed by atoms with E-state index < -0.39 is 0 Å². The summed E-state index contributed by atoms with van der Waals surface area (Å²) in [6.07, 6.45) is 2.23. The van der Waals surface area contributed by atoms with Gasteiger partial charge in [-0.2, -0.15) is 5.10 Å². The molecule has 120 valence electrons. The van der Waals surface area contributed by atoms with Crippen molar-refractivity contribution in [2.45, 2.75) is 33.2 Å². The van der Waals surface area contributed by atoms with Crippen LogP contribution in [0.4, 0.5) is 0 Å². The molecular formula is C15H23IN6. The first-order valence-corrected chi connectivity index (χ1v) is 7.21. The molecule has 0 unspecified atom stereocenters. The largest absolute Gasteiger partial charge is 0.370 e. The lowest BCUT2D eigenvalue weighted by Gasteiger charge is -2.05. The van der Waals surface area contributed by atoms with E-state index in [1.807, 2.05) is 31.2 Å². The number of hydrogen-bond donors (Lipinski definition) is 3. The number of nitrogens with one attached hydrogen (secondary N) is 2. The van der Waals surface area contributed by atoms with Crippen molar-refractivity contribution < 1.29 is 0 Å². The number of nitrogens with zero attached hydrogens (tertiary/aromatic N) is 3. The molecule has 0 bridgehead atoms. The van der Waals surface area contributed by atoms with Crippen LogP contribution in [0.15, 0.2) is 29.3 Å². The number of aromatic amines is 1. The molecule has 0 radical (unpaired) electrons. The summed E-state index contributed by atoms with van der Waals surface area (Å²) in [4.78, 5) is 8.67. The smallest absolute Gasteiger partial charge is 0.188 e. The van der Waals surface area contributed by atoms with Crippen LogP contribution in [0.1, 0.15) is 31.2 Å². The zero-order valence-corrected chi connectivity index (χ0v) is 15.3. The van der Waals surface area contributed by atoms with Crippen molar-refractivity contribution in [1.29, 1.82) is 0 Å². The lowest BCUT2D eigenvalue weighted by atomic mass is 10.1. The zero-order chi connectivity index (χ0) is 15.1. The van der Waals surface area contributed by atoms with Crippen LogP contribution in [-0.4, -0.2) is 27.7 Å². The van der Waals surface area contributed by atoms with Crippen LogP contribution in [-0.2, 0) is 6.54 Å². The van der Waals surface area contributed by atoms with Crippen molar-refractivity contribution >= 4 is 29.9 Å². The van der Waals surface area contributed by atoms with E-state index in [0.29, 0.717) is 18.3 Å². The SMILES string of the molecule is CCCCNC(N)=NCc1cccc(-c2n[nH]c(C)n2)c1.I. The van der Waals surface area contributed by atoms with E-state index in [2.05, 4.69) is 32.4 Å². The van der Waals surface area contributed by atoms with Crippen molar-refractivity contribution in [3.05, 3.63) is 35.7 Å². The van der Waals surface area contributed by atoms with E-state index in [1.165, 1.54) is 0 Å². The minimum atomic E-state index is 0. The van der Waals surface area contributed by atoms with Crippen molar-refractivity contribution in [3.63, 3.8) is 0 Å². The maximum Gasteiger partial charge on any atom is 0.188 e. The Balaban J connectivity index is 0.00000242. The monoisotopic (exact) mass is 414 g/mol. The number of aromatic nitrogens is 3. The van der Waals surface area contributed by atoms with Gasteiger partial charge in [-0.3, -0.25) is 5.10 Å². The van der Waals surface area contributed by atoms with Gasteiger partial charge in [0.2, 0.25) is 0 Å². The summed E-state index contributed by atoms with van der Waals surface area (Å²) in [6.45, 7) is 5.43. The van der Waals surface area contributed by atoms with Gasteiger partial charge in [-0.05, 0) is 25.0 Å². The summed E-state index contributed by atoms with van der Waals surface area (Å²) in [6, 6.07) is 8.02. The zero-order valence-electron chi connectivity index (χ0n) is 13.0. The summed E-state index contributed by atoms with van der Waals surface area (Å²) >= 11 is 0. The maximum atomic E-state index is 5.82. The topological polar surface area (TPSA) is 92.0 Å². The number of halogens is 1. The number of benzene rings is 1. The summed E-state index contributed by atoms with van der Waals surface area (Å²) in [5.74, 6) is 1.99. The Morgan fingerprint density at radius 1 is 1.41 bits per heavy atom. The van der Waals surface area contributed by atoms with Gasteiger partial charge >= 0.3 is 0 Å². The molecule has 0 spiro atoms. The average molecular weight is 414 g/mol. The Morgan fingerprint density at radius 2 is 2.23 bits per heavy atom. The number of unbranched alkanes of at least 4 members (excludes halogenated alkanes) is 1. The van der Waals surface area contributed by atoms with Crippen molar-refractivity contribution in [2.75, 3.05) is 6.54 Å². The highest BCUT2D eigenvalue weighted by Crippen LogP contribution is 2.16. The highest BCUT2D eigenvalue weighted by Gasteiger charge is 2.04. The van der Waals surface area contributed by atoms with Crippen LogP contribution in [0.25, 0.3) is 11.4 Å². The molecule has 22 heavy (non-hydrogen) atoms. The van der Waals surface area contributed by atoms with Gasteiger partial charge in [0.1, 0.15) is 5.82 Å². The third kappa shape index (κ3) is 5.63. The normalized spacial score (nSPS) is 11.1. The van der Waals surface area contributed by atoms with E-state index in [9.17, 15) is 0 Å². The Morgan fingerprint density at radius 3 is 2.91 bits per heavy atom. The number of H-pyrrole nitrogens is 1. The minimum absolute atomic E-state index is 0. The third-order valence-corrected chi connectivity index (χ3v) is 3.05. The van der Waals surface area contributed by atoms with Crippen LogP contribution >= 0.6 is 24.0 Å². The summed E-state index contributed by atoms with van der Waals surface area (Å²) < 4.78 is 0. The van der Waals surface area contributed by atoms with Gasteiger partial charge in [0.05, 0.1) is 6.54 Å². The average Bonchev–Trinajstić information content (AvgIpc) is 2.92. The maximum absolute atomic E-state index is 5.82. The number of hydrogen-bond acceptors (Lipinski definition) is 3. The molecule has 0 aliphatic carbocycles. The number of guanidine groups is 1. The highest BCUT2D eigenvalue weighted by molar-refractivity contribution is 14.0. The number of aryl methyl sites for hydroxylation is 1. The molecule has 0 saturated carbocycles. The molecular weight excluding hydrogens is 391 g/mol. The van der Waals surface area contributed by atoms with E-state index in [1.54, 1.807) is 0 Å². The van der Waals surface area contributed by atoms with Gasteiger partial charge in [0.15, 0.2) is 11.8 Å². The van der Waals surface area contributed by atoms with Gasteiger partial charge in [0.25, 0.3) is 0 Å². The second-order valence-electron chi connectivity index (χ2n) is 4.93. The molecule has 2 rings (SSSR count). The fourth-order valence-electron chi connectivity index (χ4n) is 1.91. The first-order valence-electron chi connectivity index (χ1n) is 7.21. The molecule has 7 heteroatoms. The van der Waals surface area contributed by atoms with Gasteiger partial charge in [-0.25, -0.2) is 9.98 Å². The molecule has 0 amide bonds. The molecule has 1 heterocycles. The Labute approximate surface area is 148 Å². The molecule has 0 aliphatic rings. The van der Waals surface area contributed by atoms with Crippen LogP contribution < -0.4 is 11.1 Å². The van der Waals surface area contributed by atoms with Crippen LogP contribution in [0.2, 0.25) is 0 Å². The van der Waals surface area contributed by atoms with E-state index >= 15 is 0 Å². The second-order valence-corrected chi connectivity index (χ2v) is 4.93. The summed E-state index contributed by atoms with van der Waals surface area (Å²) in [7, 11) is 0. The highest BCUT2D eigenvalue weighted by atomic mass is 127. The Kier molecular flexibility index (Phi) is 7.86. The van der Waals surface area contributed by atoms with Gasteiger partial charge in [-0.1, -0.05) is 31.5 Å². The lowest BCUT2D eigenvalue weighted by molar-refractivity contribution is 0.748. The quantitative estimate of drug-likeness (QED) is 0.293. The van der Waals surface area contributed by atoms with Crippen LogP contribution in [0.3, 0.4) is 0 Å². The number of rotatable bonds is 6. The molecule has 0 aliphatic heterocycles. The number of nitrogens with two attached hydrogens (primary N) is 1. The predicted octanol–water partition coefficient (Wildman–Crippen LogP) is 2.60. The van der Waals surface area contributed by atoms with E-state index in [4.69, 9.17) is 5.73 Å². The molecule has 1 aromatic carbocycles. The number of aliphatic imine (C=N–C) groups is 1. The Bertz CT molecular complexity index is 608. The fourth-order valence-corrected chi connectivity index (χ4v) is 1.91. The lowest BCUT2D eigenvalue weighted by Crippen LogP contribution is -2.32. The molecule has 0 fully saturated rings. The standard InChI is InChI=1S/C15H22N6.HI/c1-3-4-8-17-15(16)18-10-12-6-5-7-13(9-12)14-19-11(2)20-21-14;/h5-7,9H,3-4,8,10H2,1-2H3,(H3,16,17,18)(H,19,20,21);1H. The van der Waals surface area contributed by atoms with Crippen molar-refractivity contribution in [1.82, 2.24) is 20.5 Å². The minimum Gasteiger partial charge on any atom is -0.370 e. The molecule has 0 atom stereocenters. The van der Waals surface area contributed by atoms with Crippen LogP contribution in [0.5, 0.6) is 0 Å². The molecule has 4 N–H and O–H groups in total. The van der Waals surface area contributed by atoms with E-state index in [0.717, 1.165) is 36.3 Å². The van der Waals surface area contributed by atoms with Crippen molar-refractivity contribution in [3.8, 4) is 11.4 Å². The molecule has 2 aromatic rings. The predicted molar refractivity (Wildman–Crippen MR) is 100 cm³/mol. The second kappa shape index (κ2) is 9.39. The van der Waals surface area contributed by atoms with Crippen LogP contribution in [0, 0.1) is 6.92 Å². The molecule has 1 aromatic heterocycles. The van der Waals surface area contributed by atoms with E-state index in [-0.39, 0.29) is 24.0 Å². The first kappa shape index (κ1) is 18.4. The molecule has 0 saturated heterocycles. The fraction of sp³-hybridized carbons (Fsp3) is 0.400. The van der Waals surface area contributed by atoms with Gasteiger partial charge in [-0.15, -0.1) is 24.0 Å². The first-order chi connectivity index (χ1) is 10.2.